The monoisotopic (exact) mass is 701 g/mol. The Morgan fingerprint density at radius 1 is 1.06 bits per heavy atom. The molecule has 6 atom stereocenters. The number of unbranched alkanes of at least 4 members (excludes halogenated alkanes) is 1. The zero-order valence-corrected chi connectivity index (χ0v) is 30.4. The van der Waals surface area contributed by atoms with E-state index in [9.17, 15) is 28.8 Å². The van der Waals surface area contributed by atoms with Crippen LogP contribution in [0.15, 0.2) is 31.2 Å². The minimum atomic E-state index is -1.04. The molecule has 1 aromatic heterocycles. The van der Waals surface area contributed by atoms with Gasteiger partial charge in [-0.3, -0.25) is 33.8 Å². The standard InChI is InChI=1S/C37H55N7O6.4H2/c1-8-10-16-24(29(45)34(49)40-17-9-2)41-33(48)28-26-23(37(26,6)7)21-44(28)35(50)30(36(3,4)5)43-32(47)27(22-14-12-11-13-15-22)42-31(46)25-20-38-18-19-39-25;;;;/h9,18-20,22-24,26-28,30H,2,8,10-17,21H2,1,3-7H3,(H,40,49)(H,41,48)(H,42,46)(H,43,47);4*1H/t23?,24?,26?,27-,28?,30+;;;;/m0..../s1. The first kappa shape index (κ1) is 38.6. The number of aromatic nitrogens is 2. The smallest absolute Gasteiger partial charge is 0.289 e. The molecule has 2 heterocycles. The van der Waals surface area contributed by atoms with Gasteiger partial charge in [0, 0.05) is 31.2 Å². The fourth-order valence-corrected chi connectivity index (χ4v) is 7.70. The molecule has 2 saturated carbocycles. The van der Waals surface area contributed by atoms with Crippen LogP contribution in [0.25, 0.3) is 0 Å². The first-order chi connectivity index (χ1) is 23.6. The lowest BCUT2D eigenvalue weighted by Gasteiger charge is -2.39. The summed E-state index contributed by atoms with van der Waals surface area (Å²) >= 11 is 0. The van der Waals surface area contributed by atoms with Crippen molar-refractivity contribution >= 4 is 35.3 Å². The molecular formula is C37H63N7O6. The molecule has 282 valence electrons. The van der Waals surface area contributed by atoms with Gasteiger partial charge in [0.25, 0.3) is 11.8 Å². The van der Waals surface area contributed by atoms with E-state index >= 15 is 0 Å². The van der Waals surface area contributed by atoms with Crippen LogP contribution in [0.5, 0.6) is 0 Å². The third-order valence-electron chi connectivity index (χ3n) is 10.8. The average Bonchev–Trinajstić information content (AvgIpc) is 3.39. The predicted octanol–water partition coefficient (Wildman–Crippen LogP) is 3.70. The predicted molar refractivity (Wildman–Crippen MR) is 196 cm³/mol. The number of Topliss-reactive ketones (excluding diaryl/α,β-unsaturated/α-hetero) is 1. The van der Waals surface area contributed by atoms with Crippen LogP contribution in [-0.2, 0) is 24.0 Å². The van der Waals surface area contributed by atoms with Gasteiger partial charge in [-0.25, -0.2) is 4.98 Å². The number of nitrogens with zero attached hydrogens (tertiary/aromatic N) is 3. The summed E-state index contributed by atoms with van der Waals surface area (Å²) in [5.74, 6) is -3.65. The zero-order valence-electron chi connectivity index (χ0n) is 30.4. The van der Waals surface area contributed by atoms with Crippen molar-refractivity contribution in [2.24, 2.45) is 28.6 Å². The van der Waals surface area contributed by atoms with Crippen LogP contribution in [0.2, 0.25) is 0 Å². The Bertz CT molecular complexity index is 1460. The second-order valence-electron chi connectivity index (χ2n) is 15.7. The molecule has 3 fully saturated rings. The van der Waals surface area contributed by atoms with Crippen LogP contribution >= 0.6 is 0 Å². The number of carbonyl (C=O) groups is 6. The molecular weight excluding hydrogens is 638 g/mol. The van der Waals surface area contributed by atoms with Gasteiger partial charge in [-0.05, 0) is 47.8 Å². The van der Waals surface area contributed by atoms with E-state index in [0.717, 1.165) is 38.5 Å². The maximum Gasteiger partial charge on any atom is 0.289 e. The number of likely N-dealkylation sites (tertiary alicyclic amines) is 1. The van der Waals surface area contributed by atoms with Crippen LogP contribution in [0.1, 0.15) is 109 Å². The summed E-state index contributed by atoms with van der Waals surface area (Å²) in [5, 5.41) is 11.2. The summed E-state index contributed by atoms with van der Waals surface area (Å²) < 4.78 is 0. The Morgan fingerprint density at radius 3 is 2.36 bits per heavy atom. The summed E-state index contributed by atoms with van der Waals surface area (Å²) in [6, 6.07) is -3.85. The number of carbonyl (C=O) groups excluding carboxylic acids is 6. The van der Waals surface area contributed by atoms with Gasteiger partial charge in [-0.15, -0.1) is 6.58 Å². The Balaban J connectivity index is 0.00000702. The van der Waals surface area contributed by atoms with Gasteiger partial charge in [0.1, 0.15) is 23.8 Å². The zero-order chi connectivity index (χ0) is 36.8. The molecule has 1 aliphatic heterocycles. The number of piperidine rings is 1. The third kappa shape index (κ3) is 8.76. The molecule has 50 heavy (non-hydrogen) atoms. The molecule has 4 N–H and O–H groups in total. The number of amides is 5. The highest BCUT2D eigenvalue weighted by Gasteiger charge is 2.70. The van der Waals surface area contributed by atoms with E-state index in [1.54, 1.807) is 4.90 Å². The summed E-state index contributed by atoms with van der Waals surface area (Å²) in [6.45, 7) is 15.6. The van der Waals surface area contributed by atoms with Gasteiger partial charge in [-0.2, -0.15) is 0 Å². The van der Waals surface area contributed by atoms with Gasteiger partial charge >= 0.3 is 0 Å². The van der Waals surface area contributed by atoms with E-state index in [1.807, 2.05) is 27.7 Å². The molecule has 0 spiro atoms. The van der Waals surface area contributed by atoms with Crippen molar-refractivity contribution < 1.29 is 34.5 Å². The van der Waals surface area contributed by atoms with Gasteiger partial charge < -0.3 is 26.2 Å². The molecule has 0 radical (unpaired) electrons. The Kier molecular flexibility index (Phi) is 12.6. The minimum absolute atomic E-state index is 0. The lowest BCUT2D eigenvalue weighted by atomic mass is 9.82. The van der Waals surface area contributed by atoms with Gasteiger partial charge in [0.2, 0.25) is 23.5 Å². The summed E-state index contributed by atoms with van der Waals surface area (Å²) in [7, 11) is 0. The number of ketones is 1. The normalized spacial score (nSPS) is 23.0. The number of nitrogens with one attached hydrogen (secondary N) is 4. The lowest BCUT2D eigenvalue weighted by Crippen LogP contribution is -2.62. The highest BCUT2D eigenvalue weighted by Crippen LogP contribution is 2.65. The maximum absolute atomic E-state index is 14.6. The Labute approximate surface area is 301 Å². The molecule has 13 heteroatoms. The number of rotatable bonds is 15. The second kappa shape index (κ2) is 16.2. The highest BCUT2D eigenvalue weighted by atomic mass is 16.2. The van der Waals surface area contributed by atoms with Crippen LogP contribution < -0.4 is 21.3 Å². The molecule has 13 nitrogen and oxygen atoms in total. The van der Waals surface area contributed by atoms with Gasteiger partial charge in [-0.1, -0.05) is 79.7 Å². The first-order valence-electron chi connectivity index (χ1n) is 18.0. The molecule has 1 aromatic rings. The van der Waals surface area contributed by atoms with E-state index in [1.165, 1.54) is 24.7 Å². The quantitative estimate of drug-likeness (QED) is 0.158. The molecule has 0 aromatic carbocycles. The number of hydrogen-bond acceptors (Lipinski definition) is 8. The van der Waals surface area contributed by atoms with E-state index in [-0.39, 0.29) is 47.5 Å². The Hall–Kier alpha value is -4.16. The van der Waals surface area contributed by atoms with Crippen molar-refractivity contribution in [2.45, 2.75) is 117 Å². The van der Waals surface area contributed by atoms with E-state index in [2.05, 4.69) is 51.7 Å². The van der Waals surface area contributed by atoms with Crippen molar-refractivity contribution in [1.82, 2.24) is 36.1 Å². The van der Waals surface area contributed by atoms with Crippen LogP contribution in [0, 0.1) is 28.6 Å². The molecule has 5 amide bonds. The molecule has 3 aliphatic rings. The van der Waals surface area contributed by atoms with Crippen LogP contribution in [-0.4, -0.2) is 87.4 Å². The van der Waals surface area contributed by atoms with Gasteiger partial charge in [0.15, 0.2) is 0 Å². The molecule has 0 bridgehead atoms. The topological polar surface area (TPSA) is 180 Å². The van der Waals surface area contributed by atoms with Crippen LogP contribution in [0.4, 0.5) is 0 Å². The fraction of sp³-hybridized carbons (Fsp3) is 0.676. The SMILES string of the molecule is C=CCNC(=O)C(=O)C(CCCC)NC(=O)C1C2C(CN1C(=O)[C@@H](NC(=O)[C@@H](NC(=O)c1cnccn1)C1CCCCC1)C(C)(C)C)C2(C)C.[HH].[HH].[HH].[HH]. The van der Waals surface area contributed by atoms with E-state index < -0.39 is 64.9 Å². The lowest BCUT2D eigenvalue weighted by molar-refractivity contribution is -0.147. The fourth-order valence-electron chi connectivity index (χ4n) is 7.70. The highest BCUT2D eigenvalue weighted by molar-refractivity contribution is 6.38. The summed E-state index contributed by atoms with van der Waals surface area (Å²) in [4.78, 5) is 91.3. The summed E-state index contributed by atoms with van der Waals surface area (Å²) in [5.41, 5.74) is -0.878. The molecule has 4 unspecified atom stereocenters. The summed E-state index contributed by atoms with van der Waals surface area (Å²) in [6.07, 6.45) is 11.7. The third-order valence-corrected chi connectivity index (χ3v) is 10.8. The largest absolute Gasteiger partial charge is 0.346 e. The van der Waals surface area contributed by atoms with E-state index in [4.69, 9.17) is 0 Å². The number of fused-ring (bicyclic) bond motifs is 1. The molecule has 2 aliphatic carbocycles. The average molecular weight is 702 g/mol. The molecule has 4 rings (SSSR count). The van der Waals surface area contributed by atoms with Crippen molar-refractivity contribution in [1.29, 1.82) is 0 Å². The number of hydrogen-bond donors (Lipinski definition) is 4. The second-order valence-corrected chi connectivity index (χ2v) is 15.7. The Morgan fingerprint density at radius 2 is 1.76 bits per heavy atom. The van der Waals surface area contributed by atoms with Crippen molar-refractivity contribution in [3.05, 3.63) is 36.9 Å². The van der Waals surface area contributed by atoms with E-state index in [0.29, 0.717) is 13.0 Å². The maximum atomic E-state index is 14.6. The minimum Gasteiger partial charge on any atom is -0.346 e. The van der Waals surface area contributed by atoms with Gasteiger partial charge in [0.05, 0.1) is 12.2 Å². The van der Waals surface area contributed by atoms with Crippen molar-refractivity contribution in [3.63, 3.8) is 0 Å². The van der Waals surface area contributed by atoms with Crippen LogP contribution in [0.3, 0.4) is 0 Å². The van der Waals surface area contributed by atoms with Crippen molar-refractivity contribution in [2.75, 3.05) is 13.1 Å². The molecule has 1 saturated heterocycles. The first-order valence-corrected chi connectivity index (χ1v) is 18.0. The van der Waals surface area contributed by atoms with Crippen molar-refractivity contribution in [3.8, 4) is 0 Å².